The van der Waals surface area contributed by atoms with Crippen molar-refractivity contribution in [1.82, 2.24) is 4.57 Å². The molecule has 0 bridgehead atoms. The first-order valence-corrected chi connectivity index (χ1v) is 5.58. The Kier molecular flexibility index (Phi) is 4.22. The largest absolute Gasteiger partial charge is 0.465 e. The molecule has 0 atom stereocenters. The highest BCUT2D eigenvalue weighted by atomic mass is 28.4. The maximum Gasteiger partial charge on any atom is 0.463 e. The molecule has 0 radical (unpaired) electrons. The predicted molar refractivity (Wildman–Crippen MR) is 46.0 cm³/mol. The summed E-state index contributed by atoms with van der Waals surface area (Å²) in [6, 6.07) is 0.572. The summed E-state index contributed by atoms with van der Waals surface area (Å²) in [7, 11) is 1.76. The van der Waals surface area contributed by atoms with E-state index in [1.807, 2.05) is 6.92 Å². The third-order valence-corrected chi connectivity index (χ3v) is 5.27. The molecule has 0 aliphatic heterocycles. The molecule has 0 aliphatic rings. The molecule has 0 aromatic rings. The van der Waals surface area contributed by atoms with Gasteiger partial charge in [0.25, 0.3) is 0 Å². The molecule has 0 unspecified atom stereocenters. The van der Waals surface area contributed by atoms with Gasteiger partial charge in [-0.1, -0.05) is 6.92 Å². The maximum absolute atomic E-state index is 10.6. The Balaban J connectivity index is 4.58. The molecule has 0 fully saturated rings. The molecule has 1 amide bonds. The van der Waals surface area contributed by atoms with Crippen LogP contribution >= 0.6 is 0 Å². The maximum atomic E-state index is 10.6. The van der Waals surface area contributed by atoms with Crippen molar-refractivity contribution in [3.8, 4) is 0 Å². The zero-order chi connectivity index (χ0) is 9.78. The van der Waals surface area contributed by atoms with Crippen LogP contribution in [0, 0.1) is 0 Å². The van der Waals surface area contributed by atoms with Crippen molar-refractivity contribution in [1.29, 1.82) is 0 Å². The average Bonchev–Trinajstić information content (AvgIpc) is 2.08. The summed E-state index contributed by atoms with van der Waals surface area (Å²) in [6.07, 6.45) is -1.02. The van der Waals surface area contributed by atoms with Crippen molar-refractivity contribution in [2.75, 3.05) is 21.3 Å². The highest BCUT2D eigenvalue weighted by Gasteiger charge is 2.42. The lowest BCUT2D eigenvalue weighted by Crippen LogP contribution is -2.57. The third kappa shape index (κ3) is 1.96. The van der Waals surface area contributed by atoms with Gasteiger partial charge in [0.2, 0.25) is 0 Å². The average molecular weight is 193 g/mol. The van der Waals surface area contributed by atoms with Crippen molar-refractivity contribution in [2.45, 2.75) is 13.0 Å². The van der Waals surface area contributed by atoms with E-state index in [0.717, 1.165) is 4.57 Å². The Hall–Kier alpha value is -0.593. The van der Waals surface area contributed by atoms with Crippen molar-refractivity contribution in [2.24, 2.45) is 0 Å². The lowest BCUT2D eigenvalue weighted by atomic mass is 11.0. The molecule has 1 N–H and O–H groups in total. The zero-order valence-corrected chi connectivity index (χ0v) is 8.83. The number of amides is 1. The molecule has 0 spiro atoms. The molecule has 0 saturated heterocycles. The van der Waals surface area contributed by atoms with Crippen molar-refractivity contribution < 1.29 is 18.8 Å². The van der Waals surface area contributed by atoms with Crippen LogP contribution in [0.25, 0.3) is 0 Å². The Labute approximate surface area is 73.2 Å². The van der Waals surface area contributed by atoms with E-state index in [4.69, 9.17) is 14.0 Å². The van der Waals surface area contributed by atoms with E-state index in [-0.39, 0.29) is 0 Å². The minimum absolute atomic E-state index is 0.572. The molecule has 0 aromatic carbocycles. The molecule has 0 saturated carbocycles. The summed E-state index contributed by atoms with van der Waals surface area (Å²) in [5.41, 5.74) is 0. The van der Waals surface area contributed by atoms with Crippen LogP contribution in [-0.4, -0.2) is 45.8 Å². The lowest BCUT2D eigenvalue weighted by molar-refractivity contribution is 0.139. The van der Waals surface area contributed by atoms with Gasteiger partial charge in [-0.15, -0.1) is 0 Å². The van der Waals surface area contributed by atoms with E-state index in [2.05, 4.69) is 0 Å². The number of hydrogen-bond donors (Lipinski definition) is 1. The second-order valence-electron chi connectivity index (χ2n) is 2.32. The van der Waals surface area contributed by atoms with Crippen molar-refractivity contribution in [3.63, 3.8) is 0 Å². The van der Waals surface area contributed by atoms with E-state index in [9.17, 15) is 4.79 Å². The molecule has 72 valence electrons. The molecule has 0 rings (SSSR count). The van der Waals surface area contributed by atoms with Crippen LogP contribution in [0.15, 0.2) is 0 Å². The summed E-state index contributed by atoms with van der Waals surface area (Å²) in [5, 5.41) is 8.71. The zero-order valence-electron chi connectivity index (χ0n) is 7.83. The van der Waals surface area contributed by atoms with Gasteiger partial charge in [0.1, 0.15) is 0 Å². The smallest absolute Gasteiger partial charge is 0.463 e. The molecule has 0 aromatic heterocycles. The summed E-state index contributed by atoms with van der Waals surface area (Å²) in [6.45, 7) is 1.85. The number of hydrogen-bond acceptors (Lipinski definition) is 3. The second-order valence-corrected chi connectivity index (χ2v) is 5.94. The molecule has 0 aliphatic carbocycles. The predicted octanol–water partition coefficient (Wildman–Crippen LogP) is 0.848. The first kappa shape index (κ1) is 11.4. The Morgan fingerprint density at radius 1 is 1.50 bits per heavy atom. The number of carboxylic acid groups (broad SMARTS) is 1. The van der Waals surface area contributed by atoms with E-state index in [1.165, 1.54) is 21.3 Å². The molecular formula is C6H15NO4Si. The van der Waals surface area contributed by atoms with E-state index >= 15 is 0 Å². The van der Waals surface area contributed by atoms with Gasteiger partial charge < -0.3 is 14.0 Å². The SMILES string of the molecule is CC[Si](OC)(OC)N(C)C(=O)O. The summed E-state index contributed by atoms with van der Waals surface area (Å²) in [5.74, 6) is 0. The highest BCUT2D eigenvalue weighted by Crippen LogP contribution is 2.14. The van der Waals surface area contributed by atoms with Gasteiger partial charge in [0, 0.05) is 27.3 Å². The van der Waals surface area contributed by atoms with Gasteiger partial charge in [-0.3, -0.25) is 4.57 Å². The summed E-state index contributed by atoms with van der Waals surface area (Å²) >= 11 is 0. The number of nitrogens with zero attached hydrogens (tertiary/aromatic N) is 1. The fourth-order valence-electron chi connectivity index (χ4n) is 1.03. The summed E-state index contributed by atoms with van der Waals surface area (Å²) in [4.78, 5) is 10.6. The second kappa shape index (κ2) is 4.44. The third-order valence-electron chi connectivity index (χ3n) is 1.88. The minimum Gasteiger partial charge on any atom is -0.465 e. The molecule has 12 heavy (non-hydrogen) atoms. The Bertz CT molecular complexity index is 151. The van der Waals surface area contributed by atoms with Gasteiger partial charge >= 0.3 is 14.8 Å². The quantitative estimate of drug-likeness (QED) is 0.672. The van der Waals surface area contributed by atoms with Crippen LogP contribution in [0.2, 0.25) is 6.04 Å². The Morgan fingerprint density at radius 2 is 1.92 bits per heavy atom. The van der Waals surface area contributed by atoms with Gasteiger partial charge in [-0.2, -0.15) is 0 Å². The van der Waals surface area contributed by atoms with Crippen LogP contribution in [0.4, 0.5) is 4.79 Å². The van der Waals surface area contributed by atoms with Crippen molar-refractivity contribution >= 4 is 14.8 Å². The van der Waals surface area contributed by atoms with Crippen LogP contribution in [0.1, 0.15) is 6.92 Å². The van der Waals surface area contributed by atoms with E-state index in [0.29, 0.717) is 6.04 Å². The minimum atomic E-state index is -2.65. The monoisotopic (exact) mass is 193 g/mol. The van der Waals surface area contributed by atoms with Gasteiger partial charge in [-0.25, -0.2) is 4.79 Å². The Morgan fingerprint density at radius 3 is 2.00 bits per heavy atom. The number of carbonyl (C=O) groups is 1. The first-order chi connectivity index (χ1) is 5.54. The van der Waals surface area contributed by atoms with Crippen LogP contribution in [0.5, 0.6) is 0 Å². The van der Waals surface area contributed by atoms with Crippen LogP contribution in [0.3, 0.4) is 0 Å². The molecular weight excluding hydrogens is 178 g/mol. The fraction of sp³-hybridized carbons (Fsp3) is 0.833. The topological polar surface area (TPSA) is 59.0 Å². The van der Waals surface area contributed by atoms with Crippen LogP contribution < -0.4 is 0 Å². The van der Waals surface area contributed by atoms with Gasteiger partial charge in [0.05, 0.1) is 0 Å². The number of rotatable bonds is 4. The molecule has 0 heterocycles. The lowest BCUT2D eigenvalue weighted by Gasteiger charge is -2.32. The van der Waals surface area contributed by atoms with Gasteiger partial charge in [0.15, 0.2) is 0 Å². The fourth-order valence-corrected chi connectivity index (χ4v) is 3.09. The van der Waals surface area contributed by atoms with E-state index < -0.39 is 14.8 Å². The van der Waals surface area contributed by atoms with E-state index in [1.54, 1.807) is 0 Å². The van der Waals surface area contributed by atoms with Crippen LogP contribution in [-0.2, 0) is 8.85 Å². The normalized spacial score (nSPS) is 11.3. The molecule has 6 heteroatoms. The highest BCUT2D eigenvalue weighted by molar-refractivity contribution is 6.66. The van der Waals surface area contributed by atoms with Crippen molar-refractivity contribution in [3.05, 3.63) is 0 Å². The summed E-state index contributed by atoms with van der Waals surface area (Å²) < 4.78 is 11.4. The standard InChI is InChI=1S/C6H15NO4Si/c1-5-12(10-3,11-4)7(2)6(8)9/h5H2,1-4H3,(H,8,9). The van der Waals surface area contributed by atoms with Gasteiger partial charge in [-0.05, 0) is 0 Å². The first-order valence-electron chi connectivity index (χ1n) is 3.61. The molecule has 5 nitrogen and oxygen atoms in total.